The maximum atomic E-state index is 12.4. The van der Waals surface area contributed by atoms with Crippen LogP contribution in [0, 0.1) is 11.3 Å². The van der Waals surface area contributed by atoms with Crippen LogP contribution in [0.25, 0.3) is 6.08 Å². The molecule has 0 saturated heterocycles. The van der Waals surface area contributed by atoms with Gasteiger partial charge < -0.3 is 15.2 Å². The van der Waals surface area contributed by atoms with Crippen LogP contribution in [0.2, 0.25) is 0 Å². The van der Waals surface area contributed by atoms with Crippen LogP contribution < -0.4 is 10.1 Å². The normalized spacial score (nSPS) is 11.9. The van der Waals surface area contributed by atoms with E-state index in [9.17, 15) is 14.9 Å². The van der Waals surface area contributed by atoms with E-state index in [-0.39, 0.29) is 24.6 Å². The van der Waals surface area contributed by atoms with E-state index in [1.54, 1.807) is 24.3 Å². The van der Waals surface area contributed by atoms with Gasteiger partial charge >= 0.3 is 5.97 Å². The number of amides is 1. The lowest BCUT2D eigenvalue weighted by atomic mass is 10.1. The smallest absolute Gasteiger partial charge is 0.306 e. The summed E-state index contributed by atoms with van der Waals surface area (Å²) in [5, 5.41) is 20.7. The molecule has 0 heterocycles. The summed E-state index contributed by atoms with van der Waals surface area (Å²) in [6.45, 7) is 1.93. The number of benzene rings is 2. The average Bonchev–Trinajstić information content (AvgIpc) is 2.67. The molecule has 0 bridgehead atoms. The zero-order chi connectivity index (χ0) is 19.6. The average molecular weight is 364 g/mol. The van der Waals surface area contributed by atoms with Gasteiger partial charge in [-0.15, -0.1) is 0 Å². The Kier molecular flexibility index (Phi) is 7.15. The lowest BCUT2D eigenvalue weighted by Gasteiger charge is -2.13. The van der Waals surface area contributed by atoms with Crippen LogP contribution in [-0.2, 0) is 9.59 Å². The van der Waals surface area contributed by atoms with Crippen molar-refractivity contribution in [3.63, 3.8) is 0 Å². The molecule has 138 valence electrons. The Labute approximate surface area is 157 Å². The number of ether oxygens (including phenoxy) is 1. The molecule has 2 rings (SSSR count). The van der Waals surface area contributed by atoms with Gasteiger partial charge in [0.2, 0.25) is 0 Å². The van der Waals surface area contributed by atoms with Crippen LogP contribution in [0.15, 0.2) is 60.2 Å². The highest BCUT2D eigenvalue weighted by Crippen LogP contribution is 2.16. The molecule has 0 spiro atoms. The molecule has 1 unspecified atom stereocenters. The third kappa shape index (κ3) is 6.33. The number of hydrogen-bond donors (Lipinski definition) is 2. The lowest BCUT2D eigenvalue weighted by molar-refractivity contribution is -0.137. The zero-order valence-corrected chi connectivity index (χ0v) is 14.9. The summed E-state index contributed by atoms with van der Waals surface area (Å²) in [7, 11) is 0. The molecule has 0 fully saturated rings. The first kappa shape index (κ1) is 19.7. The number of carboxylic acid groups (broad SMARTS) is 1. The summed E-state index contributed by atoms with van der Waals surface area (Å²) in [6, 6.07) is 17.9. The highest BCUT2D eigenvalue weighted by Gasteiger charge is 2.13. The number of nitrogens with zero attached hydrogens (tertiary/aromatic N) is 1. The number of nitrogens with one attached hydrogen (secondary N) is 1. The van der Waals surface area contributed by atoms with Crippen molar-refractivity contribution in [2.75, 3.05) is 6.61 Å². The lowest BCUT2D eigenvalue weighted by Crippen LogP contribution is -2.27. The molecule has 1 atom stereocenters. The summed E-state index contributed by atoms with van der Waals surface area (Å²) in [6.07, 6.45) is 1.41. The second-order valence-corrected chi connectivity index (χ2v) is 5.84. The van der Waals surface area contributed by atoms with Gasteiger partial charge in [-0.25, -0.2) is 0 Å². The van der Waals surface area contributed by atoms with E-state index in [0.717, 1.165) is 5.56 Å². The molecule has 0 aliphatic rings. The number of rotatable bonds is 8. The van der Waals surface area contributed by atoms with E-state index < -0.39 is 11.9 Å². The molecular weight excluding hydrogens is 344 g/mol. The highest BCUT2D eigenvalue weighted by atomic mass is 16.5. The van der Waals surface area contributed by atoms with Crippen molar-refractivity contribution >= 4 is 18.0 Å². The van der Waals surface area contributed by atoms with Crippen LogP contribution in [0.3, 0.4) is 0 Å². The summed E-state index contributed by atoms with van der Waals surface area (Å²) >= 11 is 0. The summed E-state index contributed by atoms with van der Waals surface area (Å²) in [5.41, 5.74) is 1.61. The second-order valence-electron chi connectivity index (χ2n) is 5.84. The van der Waals surface area contributed by atoms with Crippen molar-refractivity contribution < 1.29 is 19.4 Å². The predicted molar refractivity (Wildman–Crippen MR) is 101 cm³/mol. The van der Waals surface area contributed by atoms with Gasteiger partial charge in [-0.3, -0.25) is 9.59 Å². The Morgan fingerprint density at radius 1 is 1.19 bits per heavy atom. The van der Waals surface area contributed by atoms with Crippen molar-refractivity contribution in [1.82, 2.24) is 5.32 Å². The number of carbonyl (C=O) groups excluding carboxylic acids is 1. The maximum absolute atomic E-state index is 12.4. The van der Waals surface area contributed by atoms with E-state index in [1.165, 1.54) is 6.08 Å². The van der Waals surface area contributed by atoms with Gasteiger partial charge in [0, 0.05) is 0 Å². The number of carbonyl (C=O) groups is 2. The molecule has 2 aromatic rings. The number of hydrogen-bond acceptors (Lipinski definition) is 4. The number of carboxylic acids is 1. The molecule has 0 aliphatic carbocycles. The monoisotopic (exact) mass is 364 g/mol. The number of nitriles is 1. The van der Waals surface area contributed by atoms with Crippen LogP contribution in [-0.4, -0.2) is 23.6 Å². The molecule has 2 N–H and O–H groups in total. The minimum atomic E-state index is -0.927. The molecule has 0 aliphatic heterocycles. The fourth-order valence-corrected chi connectivity index (χ4v) is 2.33. The van der Waals surface area contributed by atoms with Gasteiger partial charge in [0.05, 0.1) is 19.1 Å². The summed E-state index contributed by atoms with van der Waals surface area (Å²) in [5.74, 6) is -0.853. The van der Waals surface area contributed by atoms with Crippen molar-refractivity contribution in [2.45, 2.75) is 19.4 Å². The SMILES string of the molecule is CC(NC(=O)/C(C#N)=C/c1ccc(OCCC(=O)O)cc1)c1ccccc1. The molecule has 6 nitrogen and oxygen atoms in total. The highest BCUT2D eigenvalue weighted by molar-refractivity contribution is 6.01. The van der Waals surface area contributed by atoms with Gasteiger partial charge in [0.25, 0.3) is 5.91 Å². The van der Waals surface area contributed by atoms with E-state index in [1.807, 2.05) is 43.3 Å². The molecule has 0 aromatic heterocycles. The fraction of sp³-hybridized carbons (Fsp3) is 0.190. The Morgan fingerprint density at radius 3 is 2.44 bits per heavy atom. The van der Waals surface area contributed by atoms with Gasteiger partial charge in [-0.1, -0.05) is 42.5 Å². The van der Waals surface area contributed by atoms with Crippen molar-refractivity contribution in [3.8, 4) is 11.8 Å². The molecular formula is C21H20N2O4. The third-order valence-corrected chi connectivity index (χ3v) is 3.79. The second kappa shape index (κ2) is 9.78. The van der Waals surface area contributed by atoms with Crippen molar-refractivity contribution in [2.24, 2.45) is 0 Å². The molecule has 6 heteroatoms. The first-order valence-electron chi connectivity index (χ1n) is 8.42. The van der Waals surface area contributed by atoms with Gasteiger partial charge in [-0.05, 0) is 36.3 Å². The van der Waals surface area contributed by atoms with Crippen molar-refractivity contribution in [1.29, 1.82) is 5.26 Å². The quantitative estimate of drug-likeness (QED) is 0.553. The van der Waals surface area contributed by atoms with E-state index in [2.05, 4.69) is 5.32 Å². The Morgan fingerprint density at radius 2 is 1.85 bits per heavy atom. The van der Waals surface area contributed by atoms with Crippen LogP contribution in [0.4, 0.5) is 0 Å². The standard InChI is InChI=1S/C21H20N2O4/c1-15(17-5-3-2-4-6-17)23-21(26)18(14-22)13-16-7-9-19(10-8-16)27-12-11-20(24)25/h2-10,13,15H,11-12H2,1H3,(H,23,26)(H,24,25)/b18-13+. The summed E-state index contributed by atoms with van der Waals surface area (Å²) < 4.78 is 5.31. The summed E-state index contributed by atoms with van der Waals surface area (Å²) in [4.78, 5) is 22.8. The van der Waals surface area contributed by atoms with Gasteiger partial charge in [0.1, 0.15) is 17.4 Å². The minimum absolute atomic E-state index is 0.00248. The van der Waals surface area contributed by atoms with Crippen LogP contribution >= 0.6 is 0 Å². The third-order valence-electron chi connectivity index (χ3n) is 3.79. The van der Waals surface area contributed by atoms with E-state index in [0.29, 0.717) is 11.3 Å². The molecule has 2 aromatic carbocycles. The topological polar surface area (TPSA) is 99.4 Å². The molecule has 0 saturated carbocycles. The Bertz CT molecular complexity index is 852. The van der Waals surface area contributed by atoms with Gasteiger partial charge in [0.15, 0.2) is 0 Å². The van der Waals surface area contributed by atoms with Crippen LogP contribution in [0.5, 0.6) is 5.75 Å². The number of aliphatic carboxylic acids is 1. The maximum Gasteiger partial charge on any atom is 0.306 e. The van der Waals surface area contributed by atoms with E-state index >= 15 is 0 Å². The Hall–Kier alpha value is -3.59. The van der Waals surface area contributed by atoms with E-state index in [4.69, 9.17) is 9.84 Å². The first-order valence-corrected chi connectivity index (χ1v) is 8.42. The molecule has 0 radical (unpaired) electrons. The van der Waals surface area contributed by atoms with Crippen LogP contribution in [0.1, 0.15) is 30.5 Å². The zero-order valence-electron chi connectivity index (χ0n) is 14.9. The Balaban J connectivity index is 2.01. The first-order chi connectivity index (χ1) is 13.0. The van der Waals surface area contributed by atoms with Crippen molar-refractivity contribution in [3.05, 3.63) is 71.3 Å². The fourth-order valence-electron chi connectivity index (χ4n) is 2.33. The molecule has 27 heavy (non-hydrogen) atoms. The van der Waals surface area contributed by atoms with Gasteiger partial charge in [-0.2, -0.15) is 5.26 Å². The largest absolute Gasteiger partial charge is 0.493 e. The predicted octanol–water partition coefficient (Wildman–Crippen LogP) is 3.32. The minimum Gasteiger partial charge on any atom is -0.493 e. The molecule has 1 amide bonds.